The number of halogens is 2. The predicted octanol–water partition coefficient (Wildman–Crippen LogP) is 3.71. The van der Waals surface area contributed by atoms with E-state index in [0.29, 0.717) is 5.56 Å². The first kappa shape index (κ1) is 15.3. The van der Waals surface area contributed by atoms with Crippen LogP contribution in [0, 0.1) is 11.6 Å². The van der Waals surface area contributed by atoms with Crippen LogP contribution in [0.2, 0.25) is 0 Å². The lowest BCUT2D eigenvalue weighted by molar-refractivity contribution is 0.430. The zero-order chi connectivity index (χ0) is 16.8. The van der Waals surface area contributed by atoms with Crippen LogP contribution in [-0.2, 0) is 12.5 Å². The summed E-state index contributed by atoms with van der Waals surface area (Å²) in [5.41, 5.74) is 1.20. The van der Waals surface area contributed by atoms with Crippen molar-refractivity contribution in [2.75, 3.05) is 0 Å². The molecule has 0 unspecified atom stereocenters. The Kier molecular flexibility index (Phi) is 3.50. The first-order valence-corrected chi connectivity index (χ1v) is 7.09. The molecule has 2 aromatic heterocycles. The second-order valence-corrected chi connectivity index (χ2v) is 6.36. The Morgan fingerprint density at radius 1 is 1.13 bits per heavy atom. The van der Waals surface area contributed by atoms with E-state index in [2.05, 4.69) is 15.2 Å². The monoisotopic (exact) mass is 318 g/mol. The lowest BCUT2D eigenvalue weighted by atomic mass is 9.89. The Balaban J connectivity index is 2.08. The number of hydrogen-bond acceptors (Lipinski definition) is 4. The maximum absolute atomic E-state index is 13.8. The van der Waals surface area contributed by atoms with Gasteiger partial charge in [0.1, 0.15) is 11.6 Å². The van der Waals surface area contributed by atoms with Crippen molar-refractivity contribution in [3.05, 3.63) is 41.7 Å². The van der Waals surface area contributed by atoms with E-state index in [1.165, 1.54) is 0 Å². The van der Waals surface area contributed by atoms with E-state index in [1.54, 1.807) is 17.9 Å². The molecule has 0 saturated heterocycles. The Morgan fingerprint density at radius 2 is 1.87 bits per heavy atom. The van der Waals surface area contributed by atoms with E-state index in [0.717, 1.165) is 23.9 Å². The molecule has 0 spiro atoms. The van der Waals surface area contributed by atoms with Crippen LogP contribution >= 0.6 is 0 Å². The zero-order valence-corrected chi connectivity index (χ0v) is 13.3. The Labute approximate surface area is 131 Å². The molecule has 2 heterocycles. The molecule has 5 nitrogen and oxygen atoms in total. The van der Waals surface area contributed by atoms with Crippen molar-refractivity contribution in [3.8, 4) is 22.8 Å². The summed E-state index contributed by atoms with van der Waals surface area (Å²) in [6, 6.07) is 3.11. The minimum absolute atomic E-state index is 0.000659. The average molecular weight is 318 g/mol. The molecule has 0 atom stereocenters. The van der Waals surface area contributed by atoms with E-state index in [-0.39, 0.29) is 22.7 Å². The summed E-state index contributed by atoms with van der Waals surface area (Å²) in [6.07, 6.45) is 1.76. The van der Waals surface area contributed by atoms with E-state index < -0.39 is 11.6 Å². The molecule has 3 aromatic rings. The van der Waals surface area contributed by atoms with Gasteiger partial charge in [-0.15, -0.1) is 0 Å². The Bertz CT molecular complexity index is 861. The quantitative estimate of drug-likeness (QED) is 0.723. The SMILES string of the molecule is Cn1cc(-c2nc(-c3cc(F)ccc3F)no2)c(C(C)(C)C)n1. The number of benzene rings is 1. The fourth-order valence-corrected chi connectivity index (χ4v) is 2.31. The number of aryl methyl sites for hydroxylation is 1. The third-order valence-electron chi connectivity index (χ3n) is 3.36. The molecule has 23 heavy (non-hydrogen) atoms. The number of aromatic nitrogens is 4. The fourth-order valence-electron chi connectivity index (χ4n) is 2.31. The van der Waals surface area contributed by atoms with Gasteiger partial charge in [-0.2, -0.15) is 10.1 Å². The van der Waals surface area contributed by atoms with Crippen LogP contribution < -0.4 is 0 Å². The second kappa shape index (κ2) is 5.26. The average Bonchev–Trinajstić information content (AvgIpc) is 3.07. The predicted molar refractivity (Wildman–Crippen MR) is 80.6 cm³/mol. The zero-order valence-electron chi connectivity index (χ0n) is 13.3. The van der Waals surface area contributed by atoms with Gasteiger partial charge < -0.3 is 4.52 Å². The van der Waals surface area contributed by atoms with Crippen LogP contribution in [0.25, 0.3) is 22.8 Å². The smallest absolute Gasteiger partial charge is 0.261 e. The molecule has 3 rings (SSSR count). The van der Waals surface area contributed by atoms with E-state index in [9.17, 15) is 8.78 Å². The highest BCUT2D eigenvalue weighted by Crippen LogP contribution is 2.32. The van der Waals surface area contributed by atoms with Crippen molar-refractivity contribution in [2.24, 2.45) is 7.05 Å². The highest BCUT2D eigenvalue weighted by atomic mass is 19.1. The lowest BCUT2D eigenvalue weighted by Crippen LogP contribution is -2.13. The summed E-state index contributed by atoms with van der Waals surface area (Å²) in [5, 5.41) is 8.19. The van der Waals surface area contributed by atoms with Gasteiger partial charge in [0.25, 0.3) is 5.89 Å². The second-order valence-electron chi connectivity index (χ2n) is 6.36. The van der Waals surface area contributed by atoms with Crippen LogP contribution in [0.3, 0.4) is 0 Å². The third-order valence-corrected chi connectivity index (χ3v) is 3.36. The minimum atomic E-state index is -0.610. The van der Waals surface area contributed by atoms with Crippen LogP contribution in [0.15, 0.2) is 28.9 Å². The molecule has 0 aliphatic carbocycles. The van der Waals surface area contributed by atoms with Crippen molar-refractivity contribution in [1.29, 1.82) is 0 Å². The van der Waals surface area contributed by atoms with Gasteiger partial charge in [-0.1, -0.05) is 25.9 Å². The molecule has 0 saturated carbocycles. The van der Waals surface area contributed by atoms with Crippen LogP contribution in [0.5, 0.6) is 0 Å². The largest absolute Gasteiger partial charge is 0.333 e. The molecule has 1 aromatic carbocycles. The van der Waals surface area contributed by atoms with Gasteiger partial charge in [0.2, 0.25) is 5.82 Å². The van der Waals surface area contributed by atoms with E-state index in [1.807, 2.05) is 20.8 Å². The van der Waals surface area contributed by atoms with Gasteiger partial charge >= 0.3 is 0 Å². The normalized spacial score (nSPS) is 11.9. The van der Waals surface area contributed by atoms with Gasteiger partial charge in [-0.05, 0) is 18.2 Å². The summed E-state index contributed by atoms with van der Waals surface area (Å²) < 4.78 is 34.1. The maximum atomic E-state index is 13.8. The number of nitrogens with zero attached hydrogens (tertiary/aromatic N) is 4. The number of rotatable bonds is 2. The fraction of sp³-hybridized carbons (Fsp3) is 0.312. The first-order valence-electron chi connectivity index (χ1n) is 7.09. The van der Waals surface area contributed by atoms with Crippen LogP contribution in [0.1, 0.15) is 26.5 Å². The molecule has 0 fully saturated rings. The van der Waals surface area contributed by atoms with Gasteiger partial charge in [-0.25, -0.2) is 8.78 Å². The molecule has 120 valence electrons. The third kappa shape index (κ3) is 2.86. The molecule has 0 N–H and O–H groups in total. The van der Waals surface area contributed by atoms with Gasteiger partial charge in [0.15, 0.2) is 0 Å². The van der Waals surface area contributed by atoms with Gasteiger partial charge in [0, 0.05) is 18.7 Å². The molecular weight excluding hydrogens is 302 g/mol. The molecule has 0 amide bonds. The molecule has 7 heteroatoms. The first-order chi connectivity index (χ1) is 10.8. The standard InChI is InChI=1S/C16H16F2N4O/c1-16(2,3)13-11(8-22(4)20-13)15-19-14(21-23-15)10-7-9(17)5-6-12(10)18/h5-8H,1-4H3. The number of hydrogen-bond donors (Lipinski definition) is 0. The summed E-state index contributed by atoms with van der Waals surface area (Å²) in [4.78, 5) is 4.20. The maximum Gasteiger partial charge on any atom is 0.261 e. The van der Waals surface area contributed by atoms with Gasteiger partial charge in [-0.3, -0.25) is 4.68 Å². The van der Waals surface area contributed by atoms with Crippen LogP contribution in [0.4, 0.5) is 8.78 Å². The van der Waals surface area contributed by atoms with Crippen molar-refractivity contribution < 1.29 is 13.3 Å². The molecule has 0 aliphatic rings. The topological polar surface area (TPSA) is 56.7 Å². The summed E-state index contributed by atoms with van der Waals surface area (Å²) in [6.45, 7) is 6.05. The van der Waals surface area contributed by atoms with Crippen molar-refractivity contribution in [2.45, 2.75) is 26.2 Å². The highest BCUT2D eigenvalue weighted by molar-refractivity contribution is 5.62. The van der Waals surface area contributed by atoms with E-state index in [4.69, 9.17) is 4.52 Å². The van der Waals surface area contributed by atoms with Crippen molar-refractivity contribution in [1.82, 2.24) is 19.9 Å². The summed E-state index contributed by atoms with van der Waals surface area (Å²) >= 11 is 0. The Hall–Kier alpha value is -2.57. The summed E-state index contributed by atoms with van der Waals surface area (Å²) in [7, 11) is 1.79. The van der Waals surface area contributed by atoms with E-state index >= 15 is 0 Å². The minimum Gasteiger partial charge on any atom is -0.333 e. The van der Waals surface area contributed by atoms with Gasteiger partial charge in [0.05, 0.1) is 16.8 Å². The van der Waals surface area contributed by atoms with Crippen molar-refractivity contribution >= 4 is 0 Å². The molecular formula is C16H16F2N4O. The van der Waals surface area contributed by atoms with Crippen molar-refractivity contribution in [3.63, 3.8) is 0 Å². The van der Waals surface area contributed by atoms with Crippen LogP contribution in [-0.4, -0.2) is 19.9 Å². The molecule has 0 bridgehead atoms. The molecule has 0 radical (unpaired) electrons. The summed E-state index contributed by atoms with van der Waals surface area (Å²) in [5.74, 6) is -0.951. The molecule has 0 aliphatic heterocycles. The highest BCUT2D eigenvalue weighted by Gasteiger charge is 2.26. The Morgan fingerprint density at radius 3 is 2.57 bits per heavy atom. The lowest BCUT2D eigenvalue weighted by Gasteiger charge is -2.15.